The van der Waals surface area contributed by atoms with Gasteiger partial charge in [-0.25, -0.2) is 10.2 Å². The van der Waals surface area contributed by atoms with Crippen molar-refractivity contribution < 1.29 is 43.7 Å². The number of imide groups is 1. The zero-order valence-corrected chi connectivity index (χ0v) is 27.2. The molecule has 0 unspecified atom stereocenters. The molecule has 2 aliphatic rings. The molecule has 0 bridgehead atoms. The molecular weight excluding hydrogens is 614 g/mol. The summed E-state index contributed by atoms with van der Waals surface area (Å²) in [5, 5.41) is 31.3. The number of nitrogens with two attached hydrogens (primary N) is 1. The summed E-state index contributed by atoms with van der Waals surface area (Å²) in [6.45, 7) is 4.89. The summed E-state index contributed by atoms with van der Waals surface area (Å²) in [5.74, 6) is -4.80. The summed E-state index contributed by atoms with van der Waals surface area (Å²) in [4.78, 5) is 78.0. The van der Waals surface area contributed by atoms with Crippen LogP contribution in [-0.2, 0) is 35.1 Å². The third-order valence-corrected chi connectivity index (χ3v) is 8.42. The molecule has 0 saturated carbocycles. The van der Waals surface area contributed by atoms with Gasteiger partial charge in [0.05, 0.1) is 24.2 Å². The number of amides is 7. The first-order valence-electron chi connectivity index (χ1n) is 15.7. The molecule has 1 aromatic carbocycles. The van der Waals surface area contributed by atoms with E-state index in [2.05, 4.69) is 21.4 Å². The third kappa shape index (κ3) is 9.70. The van der Waals surface area contributed by atoms with Crippen LogP contribution in [0.4, 0.5) is 4.79 Å². The molecule has 2 aliphatic heterocycles. The van der Waals surface area contributed by atoms with E-state index >= 15 is 0 Å². The van der Waals surface area contributed by atoms with E-state index in [0.717, 1.165) is 15.5 Å². The Morgan fingerprint density at radius 1 is 1.04 bits per heavy atom. The lowest BCUT2D eigenvalue weighted by Crippen LogP contribution is -2.66. The topological polar surface area (TPSA) is 233 Å². The second kappa shape index (κ2) is 17.2. The molecule has 2 heterocycles. The van der Waals surface area contributed by atoms with E-state index in [4.69, 9.17) is 10.5 Å². The minimum absolute atomic E-state index is 0.0541. The molecule has 3 rings (SSSR count). The van der Waals surface area contributed by atoms with E-state index in [1.54, 1.807) is 38.1 Å². The standard InChI is InChI=1S/C31H47N7O9/c1-17(2)25(40)24(36-23(39)16-47-4)30(45)38-22(11-8-13-33-38)28(43)35-21(15-19-9-6-5-7-10-19)26(41)18(3)27(42)34-20-12-14-37(29(20)44)31(32)46/h5-7,9-10,17-18,20-22,24-26,33,40-41H,8,11-16H2,1-4H3,(H2,32,46)(H,34,42)(H,35,43)(H,36,39)/t18-,20+,21-,22+,24+,25-,26-/m0/s1. The Kier molecular flexibility index (Phi) is 13.6. The summed E-state index contributed by atoms with van der Waals surface area (Å²) in [5.41, 5.74) is 8.89. The molecule has 8 N–H and O–H groups in total. The molecule has 2 saturated heterocycles. The minimum Gasteiger partial charge on any atom is -0.390 e. The number of benzene rings is 1. The van der Waals surface area contributed by atoms with E-state index in [0.29, 0.717) is 13.0 Å². The van der Waals surface area contributed by atoms with Crippen LogP contribution in [0.5, 0.6) is 0 Å². The molecule has 0 aliphatic carbocycles. The van der Waals surface area contributed by atoms with Gasteiger partial charge < -0.3 is 36.6 Å². The number of aliphatic hydroxyl groups excluding tert-OH is 2. The quantitative estimate of drug-likeness (QED) is 0.118. The highest BCUT2D eigenvalue weighted by atomic mass is 16.5. The summed E-state index contributed by atoms with van der Waals surface area (Å²) in [6, 6.07) is 3.60. The van der Waals surface area contributed by atoms with Crippen molar-refractivity contribution in [2.24, 2.45) is 17.6 Å². The van der Waals surface area contributed by atoms with Gasteiger partial charge >= 0.3 is 6.03 Å². The second-order valence-corrected chi connectivity index (χ2v) is 12.2. The van der Waals surface area contributed by atoms with E-state index in [1.165, 1.54) is 14.0 Å². The summed E-state index contributed by atoms with van der Waals surface area (Å²) in [6.07, 6.45) is -1.66. The van der Waals surface area contributed by atoms with Gasteiger partial charge in [-0.05, 0) is 37.2 Å². The van der Waals surface area contributed by atoms with Gasteiger partial charge in [0.2, 0.25) is 17.7 Å². The van der Waals surface area contributed by atoms with Crippen molar-refractivity contribution in [3.63, 3.8) is 0 Å². The molecule has 47 heavy (non-hydrogen) atoms. The van der Waals surface area contributed by atoms with Crippen LogP contribution in [0.3, 0.4) is 0 Å². The maximum atomic E-state index is 13.9. The van der Waals surface area contributed by atoms with Gasteiger partial charge in [-0.2, -0.15) is 0 Å². The SMILES string of the molecule is COCC(=O)N[C@@H](C(=O)N1NCCC[C@@H]1C(=O)N[C@@H](Cc1ccccc1)[C@@H](O)[C@H](C)C(=O)N[C@@H]1CCN(C(N)=O)C1=O)[C@@H](O)C(C)C. The molecule has 7 atom stereocenters. The maximum Gasteiger partial charge on any atom is 0.321 e. The molecular formula is C31H47N7O9. The number of hydrogen-bond acceptors (Lipinski definition) is 10. The van der Waals surface area contributed by atoms with Crippen LogP contribution in [0, 0.1) is 11.8 Å². The molecule has 0 spiro atoms. The first-order chi connectivity index (χ1) is 22.3. The summed E-state index contributed by atoms with van der Waals surface area (Å²) < 4.78 is 4.85. The van der Waals surface area contributed by atoms with Crippen LogP contribution >= 0.6 is 0 Å². The molecule has 2 fully saturated rings. The predicted molar refractivity (Wildman–Crippen MR) is 168 cm³/mol. The Hall–Kier alpha value is -4.12. The van der Waals surface area contributed by atoms with Crippen molar-refractivity contribution in [3.05, 3.63) is 35.9 Å². The van der Waals surface area contributed by atoms with Gasteiger partial charge in [0, 0.05) is 20.2 Å². The highest BCUT2D eigenvalue weighted by Gasteiger charge is 2.42. The number of nitrogens with zero attached hydrogens (tertiary/aromatic N) is 2. The summed E-state index contributed by atoms with van der Waals surface area (Å²) in [7, 11) is 1.32. The van der Waals surface area contributed by atoms with Gasteiger partial charge in [-0.15, -0.1) is 0 Å². The Bertz CT molecular complexity index is 1280. The normalized spacial score (nSPS) is 21.4. The average Bonchev–Trinajstić information content (AvgIpc) is 3.41. The second-order valence-electron chi connectivity index (χ2n) is 12.2. The highest BCUT2D eigenvalue weighted by molar-refractivity contribution is 6.00. The van der Waals surface area contributed by atoms with Crippen LogP contribution in [0.15, 0.2) is 30.3 Å². The van der Waals surface area contributed by atoms with E-state index in [1.807, 2.05) is 6.07 Å². The molecule has 7 amide bonds. The maximum absolute atomic E-state index is 13.9. The number of likely N-dealkylation sites (tertiary alicyclic amines) is 1. The van der Waals surface area contributed by atoms with Crippen LogP contribution in [-0.4, -0.2) is 119 Å². The molecule has 16 heteroatoms. The van der Waals surface area contributed by atoms with Crippen molar-refractivity contribution >= 4 is 35.6 Å². The molecule has 1 aromatic rings. The Labute approximate surface area is 273 Å². The number of carbonyl (C=O) groups excluding carboxylic acids is 6. The number of urea groups is 1. The Morgan fingerprint density at radius 3 is 2.32 bits per heavy atom. The highest BCUT2D eigenvalue weighted by Crippen LogP contribution is 2.19. The molecule has 0 radical (unpaired) electrons. The van der Waals surface area contributed by atoms with Gasteiger partial charge in [0.15, 0.2) is 0 Å². The van der Waals surface area contributed by atoms with Crippen molar-refractivity contribution in [3.8, 4) is 0 Å². The van der Waals surface area contributed by atoms with Gasteiger partial charge in [0.25, 0.3) is 11.8 Å². The fraction of sp³-hybridized carbons (Fsp3) is 0.613. The lowest BCUT2D eigenvalue weighted by atomic mass is 9.91. The van der Waals surface area contributed by atoms with Gasteiger partial charge in [-0.3, -0.25) is 33.9 Å². The molecule has 0 aromatic heterocycles. The van der Waals surface area contributed by atoms with Gasteiger partial charge in [-0.1, -0.05) is 51.1 Å². The number of hydrogen-bond donors (Lipinski definition) is 7. The number of hydrazine groups is 1. The number of methoxy groups -OCH3 is 1. The summed E-state index contributed by atoms with van der Waals surface area (Å²) >= 11 is 0. The van der Waals surface area contributed by atoms with E-state index in [-0.39, 0.29) is 32.4 Å². The fourth-order valence-corrected chi connectivity index (χ4v) is 5.63. The van der Waals surface area contributed by atoms with E-state index < -0.39 is 83.8 Å². The molecule has 16 nitrogen and oxygen atoms in total. The number of primary amides is 1. The number of rotatable bonds is 14. The zero-order valence-electron chi connectivity index (χ0n) is 27.2. The van der Waals surface area contributed by atoms with Crippen molar-refractivity contribution in [1.29, 1.82) is 0 Å². The van der Waals surface area contributed by atoms with Gasteiger partial charge in [0.1, 0.15) is 24.7 Å². The third-order valence-electron chi connectivity index (χ3n) is 8.42. The minimum atomic E-state index is -1.44. The smallest absolute Gasteiger partial charge is 0.321 e. The Balaban J connectivity index is 1.81. The van der Waals surface area contributed by atoms with Crippen LogP contribution in [0.25, 0.3) is 0 Å². The number of aliphatic hydroxyl groups is 2. The van der Waals surface area contributed by atoms with Crippen molar-refractivity contribution in [2.75, 3.05) is 26.8 Å². The van der Waals surface area contributed by atoms with Crippen LogP contribution in [0.1, 0.15) is 45.6 Å². The van der Waals surface area contributed by atoms with Crippen LogP contribution in [0.2, 0.25) is 0 Å². The lowest BCUT2D eigenvalue weighted by molar-refractivity contribution is -0.153. The van der Waals surface area contributed by atoms with Crippen LogP contribution < -0.4 is 27.1 Å². The number of nitrogens with one attached hydrogen (secondary N) is 4. The number of carbonyl (C=O) groups is 6. The van der Waals surface area contributed by atoms with E-state index in [9.17, 15) is 39.0 Å². The molecule has 260 valence electrons. The zero-order chi connectivity index (χ0) is 34.8. The lowest BCUT2D eigenvalue weighted by Gasteiger charge is -2.39. The average molecular weight is 662 g/mol. The first-order valence-corrected chi connectivity index (χ1v) is 15.7. The Morgan fingerprint density at radius 2 is 1.72 bits per heavy atom. The largest absolute Gasteiger partial charge is 0.390 e. The monoisotopic (exact) mass is 661 g/mol. The fourth-order valence-electron chi connectivity index (χ4n) is 5.63. The predicted octanol–water partition coefficient (Wildman–Crippen LogP) is -1.85. The van der Waals surface area contributed by atoms with Crippen molar-refractivity contribution in [1.82, 2.24) is 31.3 Å². The number of ether oxygens (including phenoxy) is 1. The van der Waals surface area contributed by atoms with Crippen molar-refractivity contribution in [2.45, 2.75) is 82.8 Å². The first kappa shape index (κ1) is 37.3.